The molecule has 126 valence electrons. The van der Waals surface area contributed by atoms with Crippen LogP contribution in [0.15, 0.2) is 29.6 Å². The van der Waals surface area contributed by atoms with Gasteiger partial charge in [0.1, 0.15) is 22.6 Å². The minimum Gasteiger partial charge on any atom is -0.487 e. The van der Waals surface area contributed by atoms with Crippen LogP contribution in [-0.4, -0.2) is 23.5 Å². The lowest BCUT2D eigenvalue weighted by molar-refractivity contribution is 0.0921. The molecular weight excluding hydrogens is 357 g/mol. The maximum Gasteiger partial charge on any atom is 0.270 e. The SMILES string of the molecule is CCC(CNC(=O)c1csc(CN)n1)Oc1ccccc1Cl.Cl. The second kappa shape index (κ2) is 9.72. The van der Waals surface area contributed by atoms with E-state index in [1.54, 1.807) is 17.5 Å². The molecule has 1 aromatic heterocycles. The molecule has 0 fully saturated rings. The lowest BCUT2D eigenvalue weighted by Crippen LogP contribution is -2.35. The summed E-state index contributed by atoms with van der Waals surface area (Å²) in [6.45, 7) is 2.71. The fourth-order valence-corrected chi connectivity index (χ4v) is 2.63. The number of carbonyl (C=O) groups excluding carboxylic acids is 1. The first-order valence-corrected chi connectivity index (χ1v) is 8.23. The molecule has 2 aromatic rings. The third-order valence-electron chi connectivity index (χ3n) is 3.03. The first-order chi connectivity index (χ1) is 10.6. The third-order valence-corrected chi connectivity index (χ3v) is 4.22. The largest absolute Gasteiger partial charge is 0.487 e. The van der Waals surface area contributed by atoms with Crippen LogP contribution in [0.1, 0.15) is 28.8 Å². The van der Waals surface area contributed by atoms with E-state index in [0.29, 0.717) is 29.6 Å². The van der Waals surface area contributed by atoms with Gasteiger partial charge in [-0.2, -0.15) is 0 Å². The lowest BCUT2D eigenvalue weighted by Gasteiger charge is -2.18. The van der Waals surface area contributed by atoms with Gasteiger partial charge >= 0.3 is 0 Å². The monoisotopic (exact) mass is 375 g/mol. The smallest absolute Gasteiger partial charge is 0.270 e. The summed E-state index contributed by atoms with van der Waals surface area (Å²) in [7, 11) is 0. The molecule has 1 atom stereocenters. The number of nitrogens with zero attached hydrogens (tertiary/aromatic N) is 1. The van der Waals surface area contributed by atoms with Gasteiger partial charge < -0.3 is 15.8 Å². The van der Waals surface area contributed by atoms with E-state index in [4.69, 9.17) is 22.1 Å². The van der Waals surface area contributed by atoms with Crippen molar-refractivity contribution in [3.8, 4) is 5.75 Å². The molecule has 1 aromatic carbocycles. The zero-order chi connectivity index (χ0) is 15.9. The molecule has 1 unspecified atom stereocenters. The fraction of sp³-hybridized carbons (Fsp3) is 0.333. The predicted molar refractivity (Wildman–Crippen MR) is 95.7 cm³/mol. The van der Waals surface area contributed by atoms with Gasteiger partial charge in [0.2, 0.25) is 0 Å². The Morgan fingerprint density at radius 1 is 1.48 bits per heavy atom. The summed E-state index contributed by atoms with van der Waals surface area (Å²) in [6, 6.07) is 7.28. The summed E-state index contributed by atoms with van der Waals surface area (Å²) in [5, 5.41) is 5.82. The van der Waals surface area contributed by atoms with Gasteiger partial charge in [-0.1, -0.05) is 30.7 Å². The van der Waals surface area contributed by atoms with Crippen LogP contribution in [-0.2, 0) is 6.54 Å². The molecule has 0 aliphatic heterocycles. The van der Waals surface area contributed by atoms with Crippen LogP contribution in [0.3, 0.4) is 0 Å². The first kappa shape index (κ1) is 19.7. The Labute approximate surface area is 150 Å². The number of nitrogens with two attached hydrogens (primary N) is 1. The minimum absolute atomic E-state index is 0. The molecule has 0 bridgehead atoms. The van der Waals surface area contributed by atoms with Crippen LogP contribution < -0.4 is 15.8 Å². The fourth-order valence-electron chi connectivity index (χ4n) is 1.80. The van der Waals surface area contributed by atoms with Crippen LogP contribution in [0.5, 0.6) is 5.75 Å². The number of amides is 1. The summed E-state index contributed by atoms with van der Waals surface area (Å²) in [5.74, 6) is 0.390. The number of nitrogens with one attached hydrogen (secondary N) is 1. The average molecular weight is 376 g/mol. The highest BCUT2D eigenvalue weighted by Crippen LogP contribution is 2.24. The van der Waals surface area contributed by atoms with E-state index in [1.165, 1.54) is 11.3 Å². The van der Waals surface area contributed by atoms with Gasteiger partial charge in [0, 0.05) is 11.9 Å². The van der Waals surface area contributed by atoms with Crippen molar-refractivity contribution in [3.63, 3.8) is 0 Å². The number of carbonyl (C=O) groups is 1. The van der Waals surface area contributed by atoms with Gasteiger partial charge in [-0.15, -0.1) is 23.7 Å². The van der Waals surface area contributed by atoms with Crippen LogP contribution >= 0.6 is 35.3 Å². The molecule has 2 rings (SSSR count). The normalized spacial score (nSPS) is 11.4. The van der Waals surface area contributed by atoms with Crippen LogP contribution in [0.4, 0.5) is 0 Å². The maximum atomic E-state index is 12.0. The van der Waals surface area contributed by atoms with E-state index in [9.17, 15) is 4.79 Å². The number of para-hydroxylation sites is 1. The Balaban J connectivity index is 0.00000264. The number of aromatic nitrogens is 1. The molecule has 23 heavy (non-hydrogen) atoms. The maximum absolute atomic E-state index is 12.0. The van der Waals surface area contributed by atoms with Gasteiger partial charge in [-0.25, -0.2) is 4.98 Å². The molecule has 1 amide bonds. The quantitative estimate of drug-likeness (QED) is 0.778. The van der Waals surface area contributed by atoms with Crippen molar-refractivity contribution in [2.45, 2.75) is 26.0 Å². The number of benzene rings is 1. The van der Waals surface area contributed by atoms with E-state index in [2.05, 4.69) is 10.3 Å². The van der Waals surface area contributed by atoms with Crippen molar-refractivity contribution in [2.75, 3.05) is 6.54 Å². The third kappa shape index (κ3) is 5.66. The lowest BCUT2D eigenvalue weighted by atomic mass is 10.2. The van der Waals surface area contributed by atoms with E-state index in [1.807, 2.05) is 19.1 Å². The van der Waals surface area contributed by atoms with Gasteiger partial charge in [-0.05, 0) is 18.6 Å². The molecule has 5 nitrogen and oxygen atoms in total. The summed E-state index contributed by atoms with van der Waals surface area (Å²) in [4.78, 5) is 16.2. The molecule has 0 saturated carbocycles. The molecule has 8 heteroatoms. The van der Waals surface area contributed by atoms with E-state index in [0.717, 1.165) is 11.4 Å². The molecule has 0 radical (unpaired) electrons. The number of thiazole rings is 1. The predicted octanol–water partition coefficient (Wildman–Crippen LogP) is 3.26. The first-order valence-electron chi connectivity index (χ1n) is 6.97. The summed E-state index contributed by atoms with van der Waals surface area (Å²) in [5.41, 5.74) is 5.88. The summed E-state index contributed by atoms with van der Waals surface area (Å²) in [6.07, 6.45) is 0.591. The molecule has 1 heterocycles. The van der Waals surface area contributed by atoms with Crippen LogP contribution in [0, 0.1) is 0 Å². The standard InChI is InChI=1S/C15H18ClN3O2S.ClH/c1-2-10(21-13-6-4-3-5-11(13)16)8-18-15(20)12-9-22-14(7-17)19-12;/h3-6,9-10H,2,7-8,17H2,1H3,(H,18,20);1H. The zero-order valence-corrected chi connectivity index (χ0v) is 15.0. The van der Waals surface area contributed by atoms with Crippen molar-refractivity contribution in [2.24, 2.45) is 5.73 Å². The minimum atomic E-state index is -0.225. The Morgan fingerprint density at radius 3 is 2.83 bits per heavy atom. The Bertz CT molecular complexity index is 637. The van der Waals surface area contributed by atoms with E-state index in [-0.39, 0.29) is 24.4 Å². The van der Waals surface area contributed by atoms with Crippen molar-refractivity contribution in [3.05, 3.63) is 45.4 Å². The van der Waals surface area contributed by atoms with Crippen molar-refractivity contribution >= 4 is 41.3 Å². The number of halogens is 2. The second-order valence-corrected chi connectivity index (χ2v) is 5.97. The highest BCUT2D eigenvalue weighted by atomic mass is 35.5. The van der Waals surface area contributed by atoms with Crippen molar-refractivity contribution < 1.29 is 9.53 Å². The topological polar surface area (TPSA) is 77.2 Å². The highest BCUT2D eigenvalue weighted by Gasteiger charge is 2.14. The van der Waals surface area contributed by atoms with Gasteiger partial charge in [0.15, 0.2) is 0 Å². The Hall–Kier alpha value is -1.34. The molecule has 0 aliphatic carbocycles. The molecule has 0 spiro atoms. The van der Waals surface area contributed by atoms with E-state index >= 15 is 0 Å². The van der Waals surface area contributed by atoms with Crippen molar-refractivity contribution in [1.82, 2.24) is 10.3 Å². The van der Waals surface area contributed by atoms with Crippen molar-refractivity contribution in [1.29, 1.82) is 0 Å². The van der Waals surface area contributed by atoms with Crippen LogP contribution in [0.25, 0.3) is 0 Å². The second-order valence-electron chi connectivity index (χ2n) is 4.62. The Kier molecular flexibility index (Phi) is 8.33. The summed E-state index contributed by atoms with van der Waals surface area (Å²) >= 11 is 7.45. The number of hydrogen-bond donors (Lipinski definition) is 2. The highest BCUT2D eigenvalue weighted by molar-refractivity contribution is 7.09. The van der Waals surface area contributed by atoms with Gasteiger partial charge in [0.05, 0.1) is 11.6 Å². The summed E-state index contributed by atoms with van der Waals surface area (Å²) < 4.78 is 5.82. The average Bonchev–Trinajstić information content (AvgIpc) is 3.02. The molecular formula is C15H19Cl2N3O2S. The zero-order valence-electron chi connectivity index (χ0n) is 12.6. The Morgan fingerprint density at radius 2 is 2.22 bits per heavy atom. The number of hydrogen-bond acceptors (Lipinski definition) is 5. The number of ether oxygens (including phenoxy) is 1. The molecule has 0 aliphatic rings. The van der Waals surface area contributed by atoms with Gasteiger partial charge in [0.25, 0.3) is 5.91 Å². The van der Waals surface area contributed by atoms with E-state index < -0.39 is 0 Å². The number of rotatable bonds is 7. The van der Waals surface area contributed by atoms with Crippen LogP contribution in [0.2, 0.25) is 5.02 Å². The molecule has 3 N–H and O–H groups in total. The van der Waals surface area contributed by atoms with Gasteiger partial charge in [-0.3, -0.25) is 4.79 Å². The molecule has 0 saturated heterocycles.